The van der Waals surface area contributed by atoms with E-state index in [2.05, 4.69) is 15.3 Å². The largest absolute Gasteiger partial charge is 0.457 e. The number of ether oxygens (including phenoxy) is 1. The predicted molar refractivity (Wildman–Crippen MR) is 106 cm³/mol. The molecule has 0 aliphatic carbocycles. The molecule has 2 aromatic carbocycles. The molecule has 0 atom stereocenters. The molecule has 0 bridgehead atoms. The molecule has 4 rings (SSSR count). The SMILES string of the molecule is O=C(Cc1nc2ccsc2c(=O)[nH]1)Nc1ccc(Oc2ccccc2)cc1. The number of anilines is 1. The summed E-state index contributed by atoms with van der Waals surface area (Å²) in [7, 11) is 0. The molecule has 0 spiro atoms. The number of amides is 1. The molecule has 7 heteroatoms. The normalized spacial score (nSPS) is 10.7. The van der Waals surface area contributed by atoms with E-state index in [4.69, 9.17) is 4.74 Å². The molecular formula is C20H15N3O3S. The minimum absolute atomic E-state index is 0.0106. The van der Waals surface area contributed by atoms with Crippen molar-refractivity contribution >= 4 is 33.1 Å². The van der Waals surface area contributed by atoms with Crippen molar-refractivity contribution in [1.29, 1.82) is 0 Å². The smallest absolute Gasteiger partial charge is 0.268 e. The molecular weight excluding hydrogens is 362 g/mol. The predicted octanol–water partition coefficient (Wildman–Crippen LogP) is 3.96. The van der Waals surface area contributed by atoms with Crippen LogP contribution in [0.2, 0.25) is 0 Å². The zero-order valence-electron chi connectivity index (χ0n) is 14.1. The van der Waals surface area contributed by atoms with Crippen molar-refractivity contribution in [1.82, 2.24) is 9.97 Å². The second-order valence-electron chi connectivity index (χ2n) is 5.81. The highest BCUT2D eigenvalue weighted by atomic mass is 32.1. The second kappa shape index (κ2) is 7.43. The van der Waals surface area contributed by atoms with Gasteiger partial charge in [-0.2, -0.15) is 0 Å². The Morgan fingerprint density at radius 1 is 1.04 bits per heavy atom. The quantitative estimate of drug-likeness (QED) is 0.551. The monoisotopic (exact) mass is 377 g/mol. The van der Waals surface area contributed by atoms with Crippen molar-refractivity contribution in [3.63, 3.8) is 0 Å². The van der Waals surface area contributed by atoms with E-state index in [1.54, 1.807) is 35.7 Å². The highest BCUT2D eigenvalue weighted by molar-refractivity contribution is 7.17. The van der Waals surface area contributed by atoms with Crippen molar-refractivity contribution in [2.75, 3.05) is 5.32 Å². The molecule has 0 aliphatic heterocycles. The number of aromatic amines is 1. The number of H-pyrrole nitrogens is 1. The Hall–Kier alpha value is -3.45. The molecule has 2 heterocycles. The summed E-state index contributed by atoms with van der Waals surface area (Å²) < 4.78 is 6.28. The lowest BCUT2D eigenvalue weighted by atomic mass is 10.2. The summed E-state index contributed by atoms with van der Waals surface area (Å²) in [5, 5.41) is 4.59. The lowest BCUT2D eigenvalue weighted by molar-refractivity contribution is -0.115. The van der Waals surface area contributed by atoms with Crippen LogP contribution in [0.5, 0.6) is 11.5 Å². The Morgan fingerprint density at radius 3 is 2.56 bits per heavy atom. The zero-order valence-corrected chi connectivity index (χ0v) is 15.0. The molecule has 0 saturated carbocycles. The van der Waals surface area contributed by atoms with Crippen LogP contribution >= 0.6 is 11.3 Å². The van der Waals surface area contributed by atoms with Crippen LogP contribution in [0, 0.1) is 0 Å². The molecule has 134 valence electrons. The molecule has 0 aliphatic rings. The third-order valence-corrected chi connectivity index (χ3v) is 4.71. The van der Waals surface area contributed by atoms with Gasteiger partial charge in [0.15, 0.2) is 0 Å². The fourth-order valence-corrected chi connectivity index (χ4v) is 3.32. The van der Waals surface area contributed by atoms with Gasteiger partial charge in [0.1, 0.15) is 22.0 Å². The van der Waals surface area contributed by atoms with E-state index in [9.17, 15) is 9.59 Å². The van der Waals surface area contributed by atoms with Crippen molar-refractivity contribution in [3.8, 4) is 11.5 Å². The van der Waals surface area contributed by atoms with Crippen molar-refractivity contribution in [2.45, 2.75) is 6.42 Å². The first-order valence-corrected chi connectivity index (χ1v) is 9.14. The van der Waals surface area contributed by atoms with Crippen molar-refractivity contribution in [3.05, 3.63) is 82.2 Å². The highest BCUT2D eigenvalue weighted by Gasteiger charge is 2.10. The van der Waals surface area contributed by atoms with Crippen LogP contribution in [0.15, 0.2) is 70.8 Å². The minimum atomic E-state index is -0.260. The summed E-state index contributed by atoms with van der Waals surface area (Å²) in [5.74, 6) is 1.50. The van der Waals surface area contributed by atoms with Crippen LogP contribution in [0.1, 0.15) is 5.82 Å². The van der Waals surface area contributed by atoms with Gasteiger partial charge in [0, 0.05) is 5.69 Å². The number of nitrogens with one attached hydrogen (secondary N) is 2. The van der Waals surface area contributed by atoms with Crippen LogP contribution in [0.25, 0.3) is 10.2 Å². The molecule has 2 N–H and O–H groups in total. The van der Waals surface area contributed by atoms with Gasteiger partial charge in [-0.3, -0.25) is 9.59 Å². The summed E-state index contributed by atoms with van der Waals surface area (Å²) >= 11 is 1.33. The molecule has 6 nitrogen and oxygen atoms in total. The second-order valence-corrected chi connectivity index (χ2v) is 6.73. The summed E-state index contributed by atoms with van der Waals surface area (Å²) in [4.78, 5) is 31.2. The maximum absolute atomic E-state index is 12.2. The maximum Gasteiger partial charge on any atom is 0.268 e. The fourth-order valence-electron chi connectivity index (χ4n) is 2.59. The first kappa shape index (κ1) is 17.0. The summed E-state index contributed by atoms with van der Waals surface area (Å²) in [6, 6.07) is 18.3. The van der Waals surface area contributed by atoms with Crippen molar-refractivity contribution < 1.29 is 9.53 Å². The van der Waals surface area contributed by atoms with Crippen LogP contribution in [0.3, 0.4) is 0 Å². The van der Waals surface area contributed by atoms with E-state index in [1.165, 1.54) is 11.3 Å². The first-order chi connectivity index (χ1) is 13.2. The summed E-state index contributed by atoms with van der Waals surface area (Å²) in [6.07, 6.45) is -0.0106. The van der Waals surface area contributed by atoms with E-state index >= 15 is 0 Å². The number of benzene rings is 2. The number of fused-ring (bicyclic) bond motifs is 1. The van der Waals surface area contributed by atoms with Crippen LogP contribution in [-0.2, 0) is 11.2 Å². The van der Waals surface area contributed by atoms with E-state index in [0.717, 1.165) is 5.75 Å². The number of thiophene rings is 1. The average molecular weight is 377 g/mol. The van der Waals surface area contributed by atoms with Crippen LogP contribution in [-0.4, -0.2) is 15.9 Å². The lowest BCUT2D eigenvalue weighted by Crippen LogP contribution is -2.19. The standard InChI is InChI=1S/C20H15N3O3S/c24-18(12-17-22-16-10-11-27-19(16)20(25)23-17)21-13-6-8-15(9-7-13)26-14-4-2-1-3-5-14/h1-11H,12H2,(H,21,24)(H,22,23,25). The zero-order chi connectivity index (χ0) is 18.6. The first-order valence-electron chi connectivity index (χ1n) is 8.26. The topological polar surface area (TPSA) is 84.1 Å². The molecule has 0 radical (unpaired) electrons. The molecule has 27 heavy (non-hydrogen) atoms. The maximum atomic E-state index is 12.2. The number of carbonyl (C=O) groups excluding carboxylic acids is 1. The number of carbonyl (C=O) groups is 1. The fraction of sp³-hybridized carbons (Fsp3) is 0.0500. The number of aromatic nitrogens is 2. The number of hydrogen-bond donors (Lipinski definition) is 2. The van der Waals surface area contributed by atoms with Crippen LogP contribution < -0.4 is 15.6 Å². The Bertz CT molecular complexity index is 1130. The number of rotatable bonds is 5. The van der Waals surface area contributed by atoms with Gasteiger partial charge >= 0.3 is 0 Å². The highest BCUT2D eigenvalue weighted by Crippen LogP contribution is 2.22. The molecule has 0 fully saturated rings. The molecule has 0 unspecified atom stereocenters. The number of nitrogens with zero attached hydrogens (tertiary/aromatic N) is 1. The van der Waals surface area contributed by atoms with E-state index in [0.29, 0.717) is 27.5 Å². The van der Waals surface area contributed by atoms with Gasteiger partial charge in [-0.1, -0.05) is 18.2 Å². The molecule has 0 saturated heterocycles. The molecule has 4 aromatic rings. The molecule has 1 amide bonds. The number of para-hydroxylation sites is 1. The Morgan fingerprint density at radius 2 is 1.78 bits per heavy atom. The van der Waals surface area contributed by atoms with E-state index in [1.807, 2.05) is 30.3 Å². The van der Waals surface area contributed by atoms with E-state index < -0.39 is 0 Å². The van der Waals surface area contributed by atoms with Crippen molar-refractivity contribution in [2.24, 2.45) is 0 Å². The molecule has 2 aromatic heterocycles. The Labute approximate surface area is 158 Å². The minimum Gasteiger partial charge on any atom is -0.457 e. The van der Waals surface area contributed by atoms with Gasteiger partial charge in [0.25, 0.3) is 5.56 Å². The van der Waals surface area contributed by atoms with Gasteiger partial charge in [-0.25, -0.2) is 4.98 Å². The van der Waals surface area contributed by atoms with Gasteiger partial charge in [0.2, 0.25) is 5.91 Å². The third-order valence-electron chi connectivity index (χ3n) is 3.81. The number of hydrogen-bond acceptors (Lipinski definition) is 5. The summed E-state index contributed by atoms with van der Waals surface area (Å²) in [6.45, 7) is 0. The summed E-state index contributed by atoms with van der Waals surface area (Å²) in [5.41, 5.74) is 1.02. The van der Waals surface area contributed by atoms with Gasteiger partial charge in [-0.15, -0.1) is 11.3 Å². The average Bonchev–Trinajstić information content (AvgIpc) is 3.13. The Kier molecular flexibility index (Phi) is 4.67. The third kappa shape index (κ3) is 4.04. The lowest BCUT2D eigenvalue weighted by Gasteiger charge is -2.08. The Balaban J connectivity index is 1.40. The van der Waals surface area contributed by atoms with Gasteiger partial charge in [0.05, 0.1) is 11.9 Å². The van der Waals surface area contributed by atoms with Crippen LogP contribution in [0.4, 0.5) is 5.69 Å². The van der Waals surface area contributed by atoms with Gasteiger partial charge < -0.3 is 15.0 Å². The van der Waals surface area contributed by atoms with Gasteiger partial charge in [-0.05, 0) is 47.8 Å². The van der Waals surface area contributed by atoms with E-state index in [-0.39, 0.29) is 17.9 Å².